The van der Waals surface area contributed by atoms with Gasteiger partial charge in [-0.25, -0.2) is 0 Å². The Hall–Kier alpha value is -0.380. The molecule has 2 atom stereocenters. The minimum atomic E-state index is 0.802. The van der Waals surface area contributed by atoms with Crippen LogP contribution in [0.3, 0.4) is 0 Å². The minimum absolute atomic E-state index is 0.802. The maximum absolute atomic E-state index is 5.48. The lowest BCUT2D eigenvalue weighted by Crippen LogP contribution is -2.49. The third-order valence-corrected chi connectivity index (χ3v) is 6.14. The highest BCUT2D eigenvalue weighted by Gasteiger charge is 2.27. The van der Waals surface area contributed by atoms with Gasteiger partial charge in [0.25, 0.3) is 0 Å². The van der Waals surface area contributed by atoms with Gasteiger partial charge in [-0.05, 0) is 50.4 Å². The Morgan fingerprint density at radius 3 is 2.27 bits per heavy atom. The Kier molecular flexibility index (Phi) is 5.95. The van der Waals surface area contributed by atoms with Crippen LogP contribution in [0.5, 0.6) is 0 Å². The van der Waals surface area contributed by atoms with Gasteiger partial charge in [0.15, 0.2) is 0 Å². The van der Waals surface area contributed by atoms with Crippen molar-refractivity contribution in [3.63, 3.8) is 0 Å². The van der Waals surface area contributed by atoms with E-state index in [-0.39, 0.29) is 0 Å². The van der Waals surface area contributed by atoms with Crippen molar-refractivity contribution in [2.24, 2.45) is 17.8 Å². The van der Waals surface area contributed by atoms with Crippen LogP contribution >= 0.6 is 0 Å². The molecule has 0 bridgehead atoms. The summed E-state index contributed by atoms with van der Waals surface area (Å²) in [6, 6.07) is 0. The molecule has 0 amide bonds. The first-order chi connectivity index (χ1) is 10.7. The molecule has 22 heavy (non-hydrogen) atoms. The Bertz CT molecular complexity index is 368. The minimum Gasteiger partial charge on any atom is -0.381 e. The molecule has 126 valence electrons. The monoisotopic (exact) mass is 306 g/mol. The smallest absolute Gasteiger partial charge is 0.0469 e. The fourth-order valence-electron chi connectivity index (χ4n) is 4.43. The number of piperazine rings is 1. The van der Waals surface area contributed by atoms with Gasteiger partial charge < -0.3 is 14.5 Å². The Morgan fingerprint density at radius 2 is 1.64 bits per heavy atom. The van der Waals surface area contributed by atoms with E-state index >= 15 is 0 Å². The lowest BCUT2D eigenvalue weighted by Gasteiger charge is -2.40. The average Bonchev–Trinajstić information content (AvgIpc) is 2.54. The van der Waals surface area contributed by atoms with Crippen LogP contribution in [0.4, 0.5) is 0 Å². The van der Waals surface area contributed by atoms with Crippen LogP contribution in [0.25, 0.3) is 0 Å². The highest BCUT2D eigenvalue weighted by Crippen LogP contribution is 2.31. The van der Waals surface area contributed by atoms with Crippen molar-refractivity contribution >= 4 is 0 Å². The molecular weight excluding hydrogens is 272 g/mol. The summed E-state index contributed by atoms with van der Waals surface area (Å²) < 4.78 is 5.48. The summed E-state index contributed by atoms with van der Waals surface area (Å²) in [7, 11) is 0. The maximum atomic E-state index is 5.48. The Labute approximate surface area is 136 Å². The summed E-state index contributed by atoms with van der Waals surface area (Å²) in [6.07, 6.45) is 7.69. The molecule has 0 aromatic rings. The van der Waals surface area contributed by atoms with E-state index in [1.807, 2.05) is 0 Å². The predicted molar refractivity (Wildman–Crippen MR) is 92.1 cm³/mol. The second kappa shape index (κ2) is 7.94. The molecule has 3 aliphatic rings. The quantitative estimate of drug-likeness (QED) is 0.743. The van der Waals surface area contributed by atoms with E-state index < -0.39 is 0 Å². The molecule has 0 spiro atoms. The fourth-order valence-corrected chi connectivity index (χ4v) is 4.43. The summed E-state index contributed by atoms with van der Waals surface area (Å²) in [6.45, 7) is 14.4. The van der Waals surface area contributed by atoms with Crippen LogP contribution in [0, 0.1) is 17.8 Å². The molecule has 0 N–H and O–H groups in total. The highest BCUT2D eigenvalue weighted by atomic mass is 16.5. The lowest BCUT2D eigenvalue weighted by molar-refractivity contribution is 0.0401. The highest BCUT2D eigenvalue weighted by molar-refractivity contribution is 5.09. The Balaban J connectivity index is 1.41. The first-order valence-corrected chi connectivity index (χ1v) is 9.41. The van der Waals surface area contributed by atoms with Crippen molar-refractivity contribution < 1.29 is 4.74 Å². The average molecular weight is 306 g/mol. The number of rotatable bonds is 4. The summed E-state index contributed by atoms with van der Waals surface area (Å²) in [5.41, 5.74) is 1.64. The summed E-state index contributed by atoms with van der Waals surface area (Å²) in [5.74, 6) is 2.55. The topological polar surface area (TPSA) is 15.7 Å². The fraction of sp³-hybridized carbons (Fsp3) is 0.895. The molecule has 1 aliphatic carbocycles. The van der Waals surface area contributed by atoms with Gasteiger partial charge >= 0.3 is 0 Å². The molecule has 0 aromatic carbocycles. The van der Waals surface area contributed by atoms with Crippen LogP contribution in [0.15, 0.2) is 11.6 Å². The van der Waals surface area contributed by atoms with Gasteiger partial charge in [-0.3, -0.25) is 0 Å². The first-order valence-electron chi connectivity index (χ1n) is 9.41. The second-order valence-corrected chi connectivity index (χ2v) is 7.77. The second-order valence-electron chi connectivity index (χ2n) is 7.77. The van der Waals surface area contributed by atoms with Gasteiger partial charge in [-0.15, -0.1) is 0 Å². The Morgan fingerprint density at radius 1 is 1.00 bits per heavy atom. The van der Waals surface area contributed by atoms with E-state index in [1.165, 1.54) is 65.0 Å². The van der Waals surface area contributed by atoms with Gasteiger partial charge in [-0.1, -0.05) is 18.6 Å². The van der Waals surface area contributed by atoms with Crippen molar-refractivity contribution in [2.45, 2.75) is 39.5 Å². The van der Waals surface area contributed by atoms with Gasteiger partial charge in [0, 0.05) is 52.5 Å². The van der Waals surface area contributed by atoms with Gasteiger partial charge in [0.05, 0.1) is 0 Å². The zero-order chi connectivity index (χ0) is 15.4. The van der Waals surface area contributed by atoms with Crippen LogP contribution in [0.1, 0.15) is 39.5 Å². The molecule has 2 heterocycles. The molecule has 2 aliphatic heterocycles. The molecule has 3 nitrogen and oxygen atoms in total. The van der Waals surface area contributed by atoms with Crippen LogP contribution in [-0.2, 0) is 4.74 Å². The van der Waals surface area contributed by atoms with E-state index in [2.05, 4.69) is 29.7 Å². The van der Waals surface area contributed by atoms with Crippen molar-refractivity contribution in [2.75, 3.05) is 52.5 Å². The number of allylic oxidation sites excluding steroid dienone is 1. The van der Waals surface area contributed by atoms with Gasteiger partial charge in [0.1, 0.15) is 0 Å². The SMILES string of the molecule is CC1=CCC[C@H](C)[C@H]1CN1CCN(CC2CCOCC2)CC1. The van der Waals surface area contributed by atoms with Crippen molar-refractivity contribution in [3.8, 4) is 0 Å². The van der Waals surface area contributed by atoms with Crippen molar-refractivity contribution in [1.82, 2.24) is 9.80 Å². The normalized spacial score (nSPS) is 32.9. The predicted octanol–water partition coefficient (Wildman–Crippen LogP) is 3.02. The molecule has 3 heteroatoms. The molecule has 2 saturated heterocycles. The number of nitrogens with zero attached hydrogens (tertiary/aromatic N) is 2. The zero-order valence-corrected chi connectivity index (χ0v) is 14.6. The molecular formula is C19H34N2O. The van der Waals surface area contributed by atoms with E-state index in [0.717, 1.165) is 31.0 Å². The van der Waals surface area contributed by atoms with E-state index in [1.54, 1.807) is 5.57 Å². The van der Waals surface area contributed by atoms with Crippen LogP contribution < -0.4 is 0 Å². The van der Waals surface area contributed by atoms with E-state index in [9.17, 15) is 0 Å². The molecule has 0 radical (unpaired) electrons. The maximum Gasteiger partial charge on any atom is 0.0469 e. The lowest BCUT2D eigenvalue weighted by atomic mass is 9.79. The summed E-state index contributed by atoms with van der Waals surface area (Å²) in [4.78, 5) is 5.41. The van der Waals surface area contributed by atoms with Crippen molar-refractivity contribution in [3.05, 3.63) is 11.6 Å². The molecule has 3 rings (SSSR count). The van der Waals surface area contributed by atoms with Gasteiger partial charge in [0.2, 0.25) is 0 Å². The standard InChI is InChI=1S/C19H34N2O/c1-16-4-3-5-17(2)19(16)15-21-10-8-20(9-11-21)14-18-6-12-22-13-7-18/h4,17-19H,3,5-15H2,1-2H3/t17-,19-/m0/s1. The van der Waals surface area contributed by atoms with Crippen LogP contribution in [0.2, 0.25) is 0 Å². The molecule has 0 saturated carbocycles. The molecule has 2 fully saturated rings. The summed E-state index contributed by atoms with van der Waals surface area (Å²) >= 11 is 0. The van der Waals surface area contributed by atoms with Crippen molar-refractivity contribution in [1.29, 1.82) is 0 Å². The number of ether oxygens (including phenoxy) is 1. The van der Waals surface area contributed by atoms with Gasteiger partial charge in [-0.2, -0.15) is 0 Å². The largest absolute Gasteiger partial charge is 0.381 e. The van der Waals surface area contributed by atoms with E-state index in [0.29, 0.717) is 0 Å². The number of hydrogen-bond donors (Lipinski definition) is 0. The van der Waals surface area contributed by atoms with Crippen LogP contribution in [-0.4, -0.2) is 62.3 Å². The summed E-state index contributed by atoms with van der Waals surface area (Å²) in [5, 5.41) is 0. The van der Waals surface area contributed by atoms with E-state index in [4.69, 9.17) is 4.74 Å². The molecule has 0 unspecified atom stereocenters. The number of hydrogen-bond acceptors (Lipinski definition) is 3. The molecule has 0 aromatic heterocycles. The first kappa shape index (κ1) is 16.5. The third kappa shape index (κ3) is 4.33. The third-order valence-electron chi connectivity index (χ3n) is 6.14. The zero-order valence-electron chi connectivity index (χ0n) is 14.6.